The topological polar surface area (TPSA) is 80.5 Å². The largest absolute Gasteiger partial charge is 0.324 e. The lowest BCUT2D eigenvalue weighted by Gasteiger charge is -2.14. The van der Waals surface area contributed by atoms with E-state index >= 15 is 0 Å². The van der Waals surface area contributed by atoms with E-state index in [0.29, 0.717) is 6.42 Å². The molecule has 2 aromatic carbocycles. The minimum atomic E-state index is -0.143. The van der Waals surface area contributed by atoms with Gasteiger partial charge in [0.2, 0.25) is 0 Å². The molecular weight excluding hydrogens is 370 g/mol. The van der Waals surface area contributed by atoms with Gasteiger partial charge in [-0.25, -0.2) is 0 Å². The highest BCUT2D eigenvalue weighted by molar-refractivity contribution is 5.98. The van der Waals surface area contributed by atoms with Crippen molar-refractivity contribution in [2.75, 3.05) is 0 Å². The first-order chi connectivity index (χ1) is 14.8. The fourth-order valence-electron chi connectivity index (χ4n) is 3.86. The van der Waals surface area contributed by atoms with Crippen LogP contribution >= 0.6 is 0 Å². The van der Waals surface area contributed by atoms with Gasteiger partial charge < -0.3 is 5.73 Å². The maximum atomic E-state index is 6.56. The molecule has 0 saturated carbocycles. The Morgan fingerprint density at radius 3 is 2.43 bits per heavy atom. The van der Waals surface area contributed by atoms with E-state index in [9.17, 15) is 0 Å². The monoisotopic (exact) mass is 391 g/mol. The molecule has 5 heteroatoms. The molecule has 5 nitrogen and oxygen atoms in total. The van der Waals surface area contributed by atoms with Crippen molar-refractivity contribution in [1.82, 2.24) is 20.2 Å². The van der Waals surface area contributed by atoms with E-state index in [1.807, 2.05) is 66.9 Å². The minimum absolute atomic E-state index is 0.143. The van der Waals surface area contributed by atoms with Gasteiger partial charge in [0, 0.05) is 41.5 Å². The SMILES string of the molecule is NC(Cc1[nH]nc(-c2ccccn2)c1-c1ccnc2ccccc12)c1ccccc1. The van der Waals surface area contributed by atoms with Crippen molar-refractivity contribution in [1.29, 1.82) is 0 Å². The Kier molecular flexibility index (Phi) is 4.79. The summed E-state index contributed by atoms with van der Waals surface area (Å²) in [6.45, 7) is 0. The Bertz CT molecular complexity index is 1270. The Hall–Kier alpha value is -3.83. The van der Waals surface area contributed by atoms with Gasteiger partial charge in [-0.1, -0.05) is 54.6 Å². The van der Waals surface area contributed by atoms with Crippen molar-refractivity contribution >= 4 is 10.9 Å². The molecule has 0 amide bonds. The van der Waals surface area contributed by atoms with Gasteiger partial charge in [0.1, 0.15) is 5.69 Å². The van der Waals surface area contributed by atoms with Gasteiger partial charge in [-0.2, -0.15) is 5.10 Å². The zero-order valence-electron chi connectivity index (χ0n) is 16.4. The highest BCUT2D eigenvalue weighted by Gasteiger charge is 2.21. The number of hydrogen-bond acceptors (Lipinski definition) is 4. The third-order valence-corrected chi connectivity index (χ3v) is 5.32. The number of nitrogens with zero attached hydrogens (tertiary/aromatic N) is 3. The second kappa shape index (κ2) is 7.89. The summed E-state index contributed by atoms with van der Waals surface area (Å²) < 4.78 is 0. The molecule has 3 N–H and O–H groups in total. The molecule has 3 heterocycles. The summed E-state index contributed by atoms with van der Waals surface area (Å²) >= 11 is 0. The predicted octanol–water partition coefficient (Wildman–Crippen LogP) is 4.93. The second-order valence-electron chi connectivity index (χ2n) is 7.24. The molecule has 5 aromatic rings. The maximum absolute atomic E-state index is 6.56. The van der Waals surface area contributed by atoms with Crippen LogP contribution in [0.15, 0.2) is 91.3 Å². The summed E-state index contributed by atoms with van der Waals surface area (Å²) in [4.78, 5) is 9.06. The van der Waals surface area contributed by atoms with Crippen LogP contribution in [0.4, 0.5) is 0 Å². The molecule has 0 fully saturated rings. The molecule has 1 unspecified atom stereocenters. The van der Waals surface area contributed by atoms with Crippen LogP contribution in [0.25, 0.3) is 33.4 Å². The molecule has 0 aliphatic heterocycles. The number of nitrogens with one attached hydrogen (secondary N) is 1. The summed E-state index contributed by atoms with van der Waals surface area (Å²) in [5.41, 5.74) is 13.3. The molecular formula is C25H21N5. The van der Waals surface area contributed by atoms with Crippen molar-refractivity contribution in [2.45, 2.75) is 12.5 Å². The lowest BCUT2D eigenvalue weighted by atomic mass is 9.94. The Balaban J connectivity index is 1.68. The number of H-pyrrole nitrogens is 1. The van der Waals surface area contributed by atoms with Crippen LogP contribution in [0.1, 0.15) is 17.3 Å². The molecule has 0 aliphatic rings. The lowest BCUT2D eigenvalue weighted by Crippen LogP contribution is -2.14. The summed E-state index contributed by atoms with van der Waals surface area (Å²) in [6.07, 6.45) is 4.26. The highest BCUT2D eigenvalue weighted by atomic mass is 15.1. The number of rotatable bonds is 5. The van der Waals surface area contributed by atoms with Crippen molar-refractivity contribution in [3.63, 3.8) is 0 Å². The van der Waals surface area contributed by atoms with E-state index in [0.717, 1.165) is 44.7 Å². The number of aromatic amines is 1. The van der Waals surface area contributed by atoms with Gasteiger partial charge in [0.25, 0.3) is 0 Å². The van der Waals surface area contributed by atoms with Gasteiger partial charge in [0.15, 0.2) is 0 Å². The molecule has 0 bridgehead atoms. The fourth-order valence-corrected chi connectivity index (χ4v) is 3.86. The molecule has 5 rings (SSSR count). The van der Waals surface area contributed by atoms with E-state index in [4.69, 9.17) is 5.73 Å². The zero-order valence-corrected chi connectivity index (χ0v) is 16.4. The number of hydrogen-bond donors (Lipinski definition) is 2. The Morgan fingerprint density at radius 1 is 0.800 bits per heavy atom. The van der Waals surface area contributed by atoms with Crippen LogP contribution in [0, 0.1) is 0 Å². The molecule has 30 heavy (non-hydrogen) atoms. The first-order valence-corrected chi connectivity index (χ1v) is 9.94. The van der Waals surface area contributed by atoms with Crippen molar-refractivity contribution in [3.05, 3.63) is 103 Å². The first-order valence-electron chi connectivity index (χ1n) is 9.94. The van der Waals surface area contributed by atoms with E-state index in [-0.39, 0.29) is 6.04 Å². The molecule has 3 aromatic heterocycles. The van der Waals surface area contributed by atoms with Crippen LogP contribution in [0.3, 0.4) is 0 Å². The number of pyridine rings is 2. The van der Waals surface area contributed by atoms with Gasteiger partial charge in [0.05, 0.1) is 11.2 Å². The molecule has 1 atom stereocenters. The van der Waals surface area contributed by atoms with E-state index < -0.39 is 0 Å². The van der Waals surface area contributed by atoms with E-state index in [1.165, 1.54) is 0 Å². The predicted molar refractivity (Wildman–Crippen MR) is 120 cm³/mol. The third kappa shape index (κ3) is 3.36. The van der Waals surface area contributed by atoms with E-state index in [2.05, 4.69) is 38.4 Å². The zero-order chi connectivity index (χ0) is 20.3. The van der Waals surface area contributed by atoms with Gasteiger partial charge in [-0.3, -0.25) is 15.1 Å². The second-order valence-corrected chi connectivity index (χ2v) is 7.24. The molecule has 146 valence electrons. The van der Waals surface area contributed by atoms with Crippen molar-refractivity contribution < 1.29 is 0 Å². The third-order valence-electron chi connectivity index (χ3n) is 5.32. The van der Waals surface area contributed by atoms with Crippen LogP contribution in [-0.4, -0.2) is 20.2 Å². The molecule has 0 radical (unpaired) electrons. The molecule has 0 spiro atoms. The van der Waals surface area contributed by atoms with Crippen LogP contribution < -0.4 is 5.73 Å². The molecule has 0 aliphatic carbocycles. The fraction of sp³-hybridized carbons (Fsp3) is 0.0800. The van der Waals surface area contributed by atoms with Gasteiger partial charge in [-0.15, -0.1) is 0 Å². The number of nitrogens with two attached hydrogens (primary N) is 1. The van der Waals surface area contributed by atoms with Crippen LogP contribution in [0.2, 0.25) is 0 Å². The Labute approximate surface area is 174 Å². The summed E-state index contributed by atoms with van der Waals surface area (Å²) in [7, 11) is 0. The average Bonchev–Trinajstić information content (AvgIpc) is 3.23. The standard InChI is InChI=1S/C25H21N5/c26-20(17-8-2-1-3-9-17)16-23-24(25(30-29-23)22-12-6-7-14-27-22)19-13-15-28-21-11-5-4-10-18(19)21/h1-15,20H,16,26H2,(H,29,30). The average molecular weight is 391 g/mol. The summed E-state index contributed by atoms with van der Waals surface area (Å²) in [5, 5.41) is 8.98. The van der Waals surface area contributed by atoms with Crippen LogP contribution in [0.5, 0.6) is 0 Å². The number of benzene rings is 2. The first kappa shape index (κ1) is 18.2. The Morgan fingerprint density at radius 2 is 1.60 bits per heavy atom. The summed E-state index contributed by atoms with van der Waals surface area (Å²) in [6, 6.07) is 26.0. The quantitative estimate of drug-likeness (QED) is 0.445. The minimum Gasteiger partial charge on any atom is -0.324 e. The van der Waals surface area contributed by atoms with Gasteiger partial charge >= 0.3 is 0 Å². The normalized spacial score (nSPS) is 12.2. The number of aromatic nitrogens is 4. The van der Waals surface area contributed by atoms with Crippen molar-refractivity contribution in [2.24, 2.45) is 5.73 Å². The van der Waals surface area contributed by atoms with Gasteiger partial charge in [-0.05, 0) is 35.4 Å². The molecule has 0 saturated heterocycles. The number of para-hydroxylation sites is 1. The highest BCUT2D eigenvalue weighted by Crippen LogP contribution is 2.37. The lowest BCUT2D eigenvalue weighted by molar-refractivity contribution is 0.705. The van der Waals surface area contributed by atoms with Crippen molar-refractivity contribution in [3.8, 4) is 22.5 Å². The van der Waals surface area contributed by atoms with E-state index in [1.54, 1.807) is 6.20 Å². The number of fused-ring (bicyclic) bond motifs is 1. The van der Waals surface area contributed by atoms with Crippen LogP contribution in [-0.2, 0) is 6.42 Å². The maximum Gasteiger partial charge on any atom is 0.119 e. The smallest absolute Gasteiger partial charge is 0.119 e. The summed E-state index contributed by atoms with van der Waals surface area (Å²) in [5.74, 6) is 0.